The van der Waals surface area contributed by atoms with Gasteiger partial charge in [0.25, 0.3) is 11.8 Å². The minimum Gasteiger partial charge on any atom is -0.496 e. The molecule has 2 N–H and O–H groups in total. The Morgan fingerprint density at radius 2 is 1.47 bits per heavy atom. The van der Waals surface area contributed by atoms with Gasteiger partial charge >= 0.3 is 0 Å². The van der Waals surface area contributed by atoms with Gasteiger partial charge in [-0.2, -0.15) is 0 Å². The van der Waals surface area contributed by atoms with E-state index in [1.807, 2.05) is 24.3 Å². The molecule has 49 heavy (non-hydrogen) atoms. The summed E-state index contributed by atoms with van der Waals surface area (Å²) in [4.78, 5) is 54.9. The van der Waals surface area contributed by atoms with E-state index in [1.54, 1.807) is 66.7 Å². The smallest absolute Gasteiger partial charge is 0.272 e. The standard InChI is InChI=1S/C38H37N3O7S/c1-23(2)24-11-15-28(16-12-24)41-35(42)22-34(38(41)45)49-29-17-13-27(14-18-29)39-37(44)30(40-36(43)25-9-7-6-8-10-25)19-26-20-32(47-4)33(48-5)21-31(26)46-3/h6-21,23,34H,22H2,1-5H3,(H,39,44)(H,40,43)/b30-19-. The molecule has 1 unspecified atom stereocenters. The number of hydrogen-bond acceptors (Lipinski definition) is 8. The Bertz CT molecular complexity index is 1870. The third-order valence-electron chi connectivity index (χ3n) is 7.88. The van der Waals surface area contributed by atoms with Gasteiger partial charge in [0.15, 0.2) is 11.5 Å². The highest BCUT2D eigenvalue weighted by Crippen LogP contribution is 2.37. The molecule has 4 amide bonds. The van der Waals surface area contributed by atoms with Crippen LogP contribution in [0.1, 0.15) is 47.7 Å². The third kappa shape index (κ3) is 8.13. The molecule has 0 aliphatic carbocycles. The molecule has 11 heteroatoms. The summed E-state index contributed by atoms with van der Waals surface area (Å²) in [7, 11) is 4.48. The van der Waals surface area contributed by atoms with E-state index in [0.29, 0.717) is 45.7 Å². The van der Waals surface area contributed by atoms with E-state index >= 15 is 0 Å². The quantitative estimate of drug-likeness (QED) is 0.126. The van der Waals surface area contributed by atoms with Gasteiger partial charge in [-0.15, -0.1) is 11.8 Å². The molecule has 1 aliphatic heterocycles. The number of benzene rings is 4. The van der Waals surface area contributed by atoms with Crippen molar-refractivity contribution in [2.75, 3.05) is 31.5 Å². The molecule has 10 nitrogen and oxygen atoms in total. The van der Waals surface area contributed by atoms with Gasteiger partial charge in [0.2, 0.25) is 11.8 Å². The summed E-state index contributed by atoms with van der Waals surface area (Å²) in [5.74, 6) is 0.00464. The summed E-state index contributed by atoms with van der Waals surface area (Å²) in [6, 6.07) is 26.2. The van der Waals surface area contributed by atoms with Crippen LogP contribution in [0.3, 0.4) is 0 Å². The van der Waals surface area contributed by atoms with Crippen LogP contribution in [-0.4, -0.2) is 50.2 Å². The third-order valence-corrected chi connectivity index (χ3v) is 9.08. The second-order valence-electron chi connectivity index (χ2n) is 11.4. The zero-order chi connectivity index (χ0) is 35.1. The summed E-state index contributed by atoms with van der Waals surface area (Å²) in [5, 5.41) is 4.97. The molecule has 5 rings (SSSR count). The van der Waals surface area contributed by atoms with Crippen molar-refractivity contribution in [3.8, 4) is 17.2 Å². The van der Waals surface area contributed by atoms with Crippen LogP contribution < -0.4 is 29.7 Å². The lowest BCUT2D eigenvalue weighted by Crippen LogP contribution is -2.31. The van der Waals surface area contributed by atoms with E-state index in [1.165, 1.54) is 44.1 Å². The van der Waals surface area contributed by atoms with Crippen molar-refractivity contribution in [1.82, 2.24) is 5.32 Å². The molecular weight excluding hydrogens is 642 g/mol. The summed E-state index contributed by atoms with van der Waals surface area (Å²) >= 11 is 1.29. The highest BCUT2D eigenvalue weighted by molar-refractivity contribution is 8.00. The second kappa shape index (κ2) is 15.6. The van der Waals surface area contributed by atoms with Crippen molar-refractivity contribution < 1.29 is 33.4 Å². The van der Waals surface area contributed by atoms with Crippen molar-refractivity contribution in [1.29, 1.82) is 0 Å². The fraction of sp³-hybridized carbons (Fsp3) is 0.211. The minimum atomic E-state index is -0.586. The predicted molar refractivity (Wildman–Crippen MR) is 190 cm³/mol. The van der Waals surface area contributed by atoms with Crippen LogP contribution in [0.2, 0.25) is 0 Å². The lowest BCUT2D eigenvalue weighted by Gasteiger charge is -2.16. The molecule has 1 heterocycles. The van der Waals surface area contributed by atoms with Gasteiger partial charge in [-0.1, -0.05) is 44.2 Å². The largest absolute Gasteiger partial charge is 0.496 e. The van der Waals surface area contributed by atoms with Crippen LogP contribution >= 0.6 is 11.8 Å². The van der Waals surface area contributed by atoms with E-state index in [0.717, 1.165) is 10.5 Å². The van der Waals surface area contributed by atoms with Crippen LogP contribution in [0, 0.1) is 0 Å². The first kappa shape index (κ1) is 34.8. The van der Waals surface area contributed by atoms with Crippen LogP contribution in [0.4, 0.5) is 11.4 Å². The first-order valence-corrected chi connectivity index (χ1v) is 16.4. The van der Waals surface area contributed by atoms with Crippen LogP contribution in [-0.2, 0) is 14.4 Å². The number of hydrogen-bond donors (Lipinski definition) is 2. The lowest BCUT2D eigenvalue weighted by molar-refractivity contribution is -0.121. The monoisotopic (exact) mass is 679 g/mol. The van der Waals surface area contributed by atoms with Crippen molar-refractivity contribution in [3.63, 3.8) is 0 Å². The SMILES string of the molecule is COc1cc(OC)c(OC)cc1/C=C(\NC(=O)c1ccccc1)C(=O)Nc1ccc(SC2CC(=O)N(c3ccc(C(C)C)cc3)C2=O)cc1. The first-order chi connectivity index (χ1) is 23.6. The second-order valence-corrected chi connectivity index (χ2v) is 12.7. The topological polar surface area (TPSA) is 123 Å². The highest BCUT2D eigenvalue weighted by atomic mass is 32.2. The molecule has 1 atom stereocenters. The normalized spacial score (nSPS) is 14.5. The van der Waals surface area contributed by atoms with E-state index in [2.05, 4.69) is 24.5 Å². The Morgan fingerprint density at radius 3 is 2.08 bits per heavy atom. The maximum absolute atomic E-state index is 13.6. The lowest BCUT2D eigenvalue weighted by atomic mass is 10.0. The van der Waals surface area contributed by atoms with Crippen LogP contribution in [0.25, 0.3) is 6.08 Å². The van der Waals surface area contributed by atoms with Crippen molar-refractivity contribution in [3.05, 3.63) is 113 Å². The molecule has 0 aromatic heterocycles. The Kier molecular flexibility index (Phi) is 11.0. The van der Waals surface area contributed by atoms with Crippen molar-refractivity contribution >= 4 is 52.8 Å². The fourth-order valence-corrected chi connectivity index (χ4v) is 6.27. The van der Waals surface area contributed by atoms with Crippen molar-refractivity contribution in [2.24, 2.45) is 0 Å². The Morgan fingerprint density at radius 1 is 0.837 bits per heavy atom. The maximum atomic E-state index is 13.6. The number of rotatable bonds is 12. The number of imide groups is 1. The summed E-state index contributed by atoms with van der Waals surface area (Å²) in [6.45, 7) is 4.17. The van der Waals surface area contributed by atoms with E-state index < -0.39 is 17.1 Å². The summed E-state index contributed by atoms with van der Waals surface area (Å²) < 4.78 is 16.3. The number of nitrogens with one attached hydrogen (secondary N) is 2. The molecule has 0 bridgehead atoms. The number of amides is 4. The molecule has 0 spiro atoms. The average molecular weight is 680 g/mol. The molecule has 1 fully saturated rings. The molecule has 4 aromatic carbocycles. The van der Waals surface area contributed by atoms with Crippen LogP contribution in [0.15, 0.2) is 102 Å². The Balaban J connectivity index is 1.33. The molecule has 252 valence electrons. The van der Waals surface area contributed by atoms with Gasteiger partial charge in [0, 0.05) is 34.2 Å². The predicted octanol–water partition coefficient (Wildman–Crippen LogP) is 6.67. The van der Waals surface area contributed by atoms with Gasteiger partial charge in [-0.25, -0.2) is 4.90 Å². The van der Waals surface area contributed by atoms with E-state index in [-0.39, 0.29) is 23.9 Å². The zero-order valence-electron chi connectivity index (χ0n) is 27.8. The number of carbonyl (C=O) groups is 4. The molecular formula is C38H37N3O7S. The summed E-state index contributed by atoms with van der Waals surface area (Å²) in [6.07, 6.45) is 1.58. The number of nitrogens with zero attached hydrogens (tertiary/aromatic N) is 1. The number of methoxy groups -OCH3 is 3. The van der Waals surface area contributed by atoms with Gasteiger partial charge in [-0.3, -0.25) is 19.2 Å². The fourth-order valence-electron chi connectivity index (χ4n) is 5.22. The number of carbonyl (C=O) groups excluding carboxylic acids is 4. The van der Waals surface area contributed by atoms with E-state index in [4.69, 9.17) is 14.2 Å². The van der Waals surface area contributed by atoms with Gasteiger partial charge in [-0.05, 0) is 72.2 Å². The van der Waals surface area contributed by atoms with Crippen molar-refractivity contribution in [2.45, 2.75) is 36.3 Å². The van der Waals surface area contributed by atoms with Gasteiger partial charge < -0.3 is 24.8 Å². The van der Waals surface area contributed by atoms with E-state index in [9.17, 15) is 19.2 Å². The number of ether oxygens (including phenoxy) is 3. The Hall–Kier alpha value is -5.55. The number of anilines is 2. The molecule has 0 saturated carbocycles. The Labute approximate surface area is 289 Å². The van der Waals surface area contributed by atoms with Crippen LogP contribution in [0.5, 0.6) is 17.2 Å². The molecule has 1 aliphatic rings. The molecule has 0 radical (unpaired) electrons. The summed E-state index contributed by atoms with van der Waals surface area (Å²) in [5.41, 5.74) is 2.93. The van der Waals surface area contributed by atoms with Gasteiger partial charge in [0.1, 0.15) is 11.4 Å². The maximum Gasteiger partial charge on any atom is 0.272 e. The minimum absolute atomic E-state index is 0.0468. The highest BCUT2D eigenvalue weighted by Gasteiger charge is 2.40. The number of thioether (sulfide) groups is 1. The zero-order valence-corrected chi connectivity index (χ0v) is 28.6. The van der Waals surface area contributed by atoms with Gasteiger partial charge in [0.05, 0.1) is 32.3 Å². The average Bonchev–Trinajstić information content (AvgIpc) is 3.40. The molecule has 4 aromatic rings. The first-order valence-electron chi connectivity index (χ1n) is 15.5. The molecule has 1 saturated heterocycles.